The van der Waals surface area contributed by atoms with Crippen molar-refractivity contribution in [3.05, 3.63) is 57.2 Å². The molecule has 0 aliphatic heterocycles. The van der Waals surface area contributed by atoms with E-state index in [9.17, 15) is 4.79 Å². The average molecular weight is 427 g/mol. The van der Waals surface area contributed by atoms with Crippen molar-refractivity contribution in [2.24, 2.45) is 5.73 Å². The highest BCUT2D eigenvalue weighted by atomic mass is 127. The number of benzene rings is 2. The van der Waals surface area contributed by atoms with Crippen LogP contribution in [0.2, 0.25) is 0 Å². The second-order valence-electron chi connectivity index (χ2n) is 5.04. The van der Waals surface area contributed by atoms with Gasteiger partial charge in [-0.3, -0.25) is 4.79 Å². The van der Waals surface area contributed by atoms with E-state index in [0.717, 1.165) is 20.4 Å². The molecule has 5 nitrogen and oxygen atoms in total. The van der Waals surface area contributed by atoms with Gasteiger partial charge in [-0.15, -0.1) is 0 Å². The van der Waals surface area contributed by atoms with Gasteiger partial charge in [-0.25, -0.2) is 0 Å². The summed E-state index contributed by atoms with van der Waals surface area (Å²) in [6.07, 6.45) is 0.260. The van der Waals surface area contributed by atoms with Crippen LogP contribution < -0.4 is 15.2 Å². The van der Waals surface area contributed by atoms with Crippen molar-refractivity contribution in [3.8, 4) is 11.5 Å². The molecule has 0 aromatic heterocycles. The van der Waals surface area contributed by atoms with Crippen LogP contribution in [0, 0.1) is 3.57 Å². The number of nitrogens with two attached hydrogens (primary N) is 1. The van der Waals surface area contributed by atoms with Gasteiger partial charge < -0.3 is 20.3 Å². The number of hydrogen-bond acceptors (Lipinski definition) is 4. The SMILES string of the molecule is COc1ccc(CC(N)C(=O)O)cc1COc1ccc(I)cc1. The summed E-state index contributed by atoms with van der Waals surface area (Å²) in [4.78, 5) is 10.9. The predicted molar refractivity (Wildman–Crippen MR) is 95.8 cm³/mol. The summed E-state index contributed by atoms with van der Waals surface area (Å²) in [5.74, 6) is 0.445. The first kappa shape index (κ1) is 17.6. The lowest BCUT2D eigenvalue weighted by molar-refractivity contribution is -0.138. The fraction of sp³-hybridized carbons (Fsp3) is 0.235. The van der Waals surface area contributed by atoms with Crippen LogP contribution in [-0.4, -0.2) is 24.2 Å². The third-order valence-corrected chi connectivity index (χ3v) is 4.04. The van der Waals surface area contributed by atoms with Gasteiger partial charge in [0, 0.05) is 9.13 Å². The highest BCUT2D eigenvalue weighted by Crippen LogP contribution is 2.23. The molecule has 2 aromatic carbocycles. The Kier molecular flexibility index (Phi) is 6.23. The van der Waals surface area contributed by atoms with Gasteiger partial charge in [-0.05, 0) is 71.0 Å². The van der Waals surface area contributed by atoms with Crippen LogP contribution >= 0.6 is 22.6 Å². The Morgan fingerprint density at radius 3 is 2.57 bits per heavy atom. The summed E-state index contributed by atoms with van der Waals surface area (Å²) in [6.45, 7) is 0.333. The number of carbonyl (C=O) groups is 1. The maximum absolute atomic E-state index is 10.9. The minimum atomic E-state index is -1.02. The number of hydrogen-bond donors (Lipinski definition) is 2. The molecule has 1 atom stereocenters. The number of aliphatic carboxylic acids is 1. The van der Waals surface area contributed by atoms with Crippen molar-refractivity contribution in [2.45, 2.75) is 19.1 Å². The molecular formula is C17H18INO4. The van der Waals surface area contributed by atoms with Gasteiger partial charge in [0.2, 0.25) is 0 Å². The van der Waals surface area contributed by atoms with Crippen molar-refractivity contribution in [2.75, 3.05) is 7.11 Å². The number of methoxy groups -OCH3 is 1. The summed E-state index contributed by atoms with van der Waals surface area (Å²) >= 11 is 2.23. The van der Waals surface area contributed by atoms with Crippen molar-refractivity contribution in [1.82, 2.24) is 0 Å². The average Bonchev–Trinajstić information content (AvgIpc) is 2.54. The fourth-order valence-corrected chi connectivity index (χ4v) is 2.46. The van der Waals surface area contributed by atoms with E-state index in [2.05, 4.69) is 22.6 Å². The van der Waals surface area contributed by atoms with E-state index in [1.54, 1.807) is 13.2 Å². The zero-order chi connectivity index (χ0) is 16.8. The fourth-order valence-electron chi connectivity index (χ4n) is 2.10. The van der Waals surface area contributed by atoms with E-state index in [-0.39, 0.29) is 6.42 Å². The number of ether oxygens (including phenoxy) is 2. The molecule has 6 heteroatoms. The van der Waals surface area contributed by atoms with Gasteiger partial charge in [-0.1, -0.05) is 6.07 Å². The van der Waals surface area contributed by atoms with Crippen LogP contribution in [0.5, 0.6) is 11.5 Å². The maximum atomic E-state index is 10.9. The smallest absolute Gasteiger partial charge is 0.320 e. The lowest BCUT2D eigenvalue weighted by Crippen LogP contribution is -2.32. The van der Waals surface area contributed by atoms with Crippen LogP contribution in [-0.2, 0) is 17.8 Å². The second-order valence-corrected chi connectivity index (χ2v) is 6.28. The number of carboxylic acid groups (broad SMARTS) is 1. The Morgan fingerprint density at radius 2 is 1.96 bits per heavy atom. The standard InChI is InChI=1S/C17H18INO4/c1-22-16-7-2-11(9-15(19)17(20)21)8-12(16)10-23-14-5-3-13(18)4-6-14/h2-8,15H,9-10,19H2,1H3,(H,20,21). The van der Waals surface area contributed by atoms with Gasteiger partial charge >= 0.3 is 5.97 Å². The van der Waals surface area contributed by atoms with Gasteiger partial charge in [0.25, 0.3) is 0 Å². The summed E-state index contributed by atoms with van der Waals surface area (Å²) in [5, 5.41) is 8.91. The first-order chi connectivity index (χ1) is 11.0. The van der Waals surface area contributed by atoms with Crippen LogP contribution in [0.15, 0.2) is 42.5 Å². The first-order valence-corrected chi connectivity index (χ1v) is 8.10. The lowest BCUT2D eigenvalue weighted by atomic mass is 10.0. The van der Waals surface area contributed by atoms with Crippen LogP contribution in [0.25, 0.3) is 0 Å². The molecule has 3 N–H and O–H groups in total. The first-order valence-electron chi connectivity index (χ1n) is 7.02. The highest BCUT2D eigenvalue weighted by molar-refractivity contribution is 14.1. The third-order valence-electron chi connectivity index (χ3n) is 3.33. The summed E-state index contributed by atoms with van der Waals surface area (Å²) in [7, 11) is 1.59. The molecule has 2 rings (SSSR count). The second kappa shape index (κ2) is 8.16. The molecule has 23 heavy (non-hydrogen) atoms. The Morgan fingerprint density at radius 1 is 1.26 bits per heavy atom. The summed E-state index contributed by atoms with van der Waals surface area (Å²) < 4.78 is 12.2. The van der Waals surface area contributed by atoms with E-state index < -0.39 is 12.0 Å². The zero-order valence-corrected chi connectivity index (χ0v) is 14.8. The van der Waals surface area contributed by atoms with Gasteiger partial charge in [0.1, 0.15) is 24.1 Å². The van der Waals surface area contributed by atoms with E-state index in [1.807, 2.05) is 36.4 Å². The van der Waals surface area contributed by atoms with Crippen LogP contribution in [0.3, 0.4) is 0 Å². The van der Waals surface area contributed by atoms with Crippen LogP contribution in [0.4, 0.5) is 0 Å². The molecule has 0 amide bonds. The summed E-state index contributed by atoms with van der Waals surface area (Å²) in [5.41, 5.74) is 7.27. The van der Waals surface area contributed by atoms with Gasteiger partial charge in [0.15, 0.2) is 0 Å². The molecule has 0 saturated carbocycles. The molecule has 0 radical (unpaired) electrons. The van der Waals surface area contributed by atoms with E-state index >= 15 is 0 Å². The Bertz CT molecular complexity index is 673. The van der Waals surface area contributed by atoms with Gasteiger partial charge in [-0.2, -0.15) is 0 Å². The van der Waals surface area contributed by atoms with Gasteiger partial charge in [0.05, 0.1) is 7.11 Å². The molecule has 1 unspecified atom stereocenters. The van der Waals surface area contributed by atoms with E-state index in [0.29, 0.717) is 12.4 Å². The largest absolute Gasteiger partial charge is 0.496 e. The summed E-state index contributed by atoms with van der Waals surface area (Å²) in [6, 6.07) is 12.3. The zero-order valence-electron chi connectivity index (χ0n) is 12.7. The number of carboxylic acids is 1. The molecule has 0 fully saturated rings. The molecule has 0 bridgehead atoms. The maximum Gasteiger partial charge on any atom is 0.320 e. The van der Waals surface area contributed by atoms with E-state index in [1.165, 1.54) is 0 Å². The molecule has 0 spiro atoms. The topological polar surface area (TPSA) is 81.8 Å². The number of rotatable bonds is 7. The quantitative estimate of drug-likeness (QED) is 0.665. The molecule has 2 aromatic rings. The van der Waals surface area contributed by atoms with E-state index in [4.69, 9.17) is 20.3 Å². The molecule has 0 aliphatic rings. The predicted octanol–water partition coefficient (Wildman–Crippen LogP) is 2.83. The molecule has 122 valence electrons. The Hall–Kier alpha value is -1.80. The number of halogens is 1. The third kappa shape index (κ3) is 5.11. The van der Waals surface area contributed by atoms with Crippen molar-refractivity contribution in [3.63, 3.8) is 0 Å². The lowest BCUT2D eigenvalue weighted by Gasteiger charge is -2.13. The normalized spacial score (nSPS) is 11.8. The minimum Gasteiger partial charge on any atom is -0.496 e. The van der Waals surface area contributed by atoms with Crippen molar-refractivity contribution in [1.29, 1.82) is 0 Å². The monoisotopic (exact) mass is 427 g/mol. The molecule has 0 aliphatic carbocycles. The molecule has 0 heterocycles. The molecule has 0 saturated heterocycles. The Balaban J connectivity index is 2.12. The van der Waals surface area contributed by atoms with Crippen LogP contribution in [0.1, 0.15) is 11.1 Å². The Labute approximate surface area is 148 Å². The highest BCUT2D eigenvalue weighted by Gasteiger charge is 2.14. The molecular weight excluding hydrogens is 409 g/mol. The van der Waals surface area contributed by atoms with Crippen molar-refractivity contribution >= 4 is 28.6 Å². The van der Waals surface area contributed by atoms with Crippen molar-refractivity contribution < 1.29 is 19.4 Å². The minimum absolute atomic E-state index is 0.260.